The Balaban J connectivity index is 1.81. The molecule has 0 aromatic heterocycles. The molecule has 2 saturated carbocycles. The molecule has 3 aliphatic carbocycles. The quantitative estimate of drug-likeness (QED) is 0.714. The van der Waals surface area contributed by atoms with Crippen molar-refractivity contribution >= 4 is 5.78 Å². The van der Waals surface area contributed by atoms with Crippen LogP contribution in [-0.4, -0.2) is 40.9 Å². The van der Waals surface area contributed by atoms with Gasteiger partial charge in [0.2, 0.25) is 0 Å². The van der Waals surface area contributed by atoms with Crippen LogP contribution in [0.1, 0.15) is 52.9 Å². The molecule has 0 aromatic carbocycles. The number of aliphatic hydroxyl groups is 2. The highest BCUT2D eigenvalue weighted by Crippen LogP contribution is 2.64. The Bertz CT molecular complexity index is 594. The Morgan fingerprint density at radius 3 is 2.71 bits per heavy atom. The van der Waals surface area contributed by atoms with Gasteiger partial charge in [-0.25, -0.2) is 0 Å². The van der Waals surface area contributed by atoms with Crippen molar-refractivity contribution in [1.29, 1.82) is 0 Å². The van der Waals surface area contributed by atoms with E-state index in [4.69, 9.17) is 4.74 Å². The Hall–Kier alpha value is -0.710. The predicted octanol–water partition coefficient (Wildman–Crippen LogP) is 2.48. The van der Waals surface area contributed by atoms with Gasteiger partial charge in [0.15, 0.2) is 5.78 Å². The number of aliphatic hydroxyl groups excluding tert-OH is 1. The van der Waals surface area contributed by atoms with E-state index in [1.54, 1.807) is 6.08 Å². The van der Waals surface area contributed by atoms with Crippen molar-refractivity contribution in [3.63, 3.8) is 0 Å². The minimum absolute atomic E-state index is 0.0858. The van der Waals surface area contributed by atoms with Gasteiger partial charge in [-0.3, -0.25) is 4.79 Å². The molecule has 1 heterocycles. The first-order valence-corrected chi connectivity index (χ1v) is 9.44. The fraction of sp³-hybridized carbons (Fsp3) is 0.850. The van der Waals surface area contributed by atoms with Crippen LogP contribution in [0.15, 0.2) is 11.6 Å². The van der Waals surface area contributed by atoms with Crippen molar-refractivity contribution in [2.24, 2.45) is 28.6 Å². The summed E-state index contributed by atoms with van der Waals surface area (Å²) in [4.78, 5) is 13.1. The SMILES string of the molecule is CC1(C)CCCC2(C)C3C(=O)C=C4COCC(O)C4(O)C3CCC12. The number of ether oxygens (including phenoxy) is 1. The summed E-state index contributed by atoms with van der Waals surface area (Å²) in [5.41, 5.74) is -0.548. The molecule has 6 atom stereocenters. The molecule has 4 rings (SSSR count). The molecule has 4 heteroatoms. The highest BCUT2D eigenvalue weighted by Gasteiger charge is 2.64. The molecule has 4 nitrogen and oxygen atoms in total. The zero-order chi connectivity index (χ0) is 17.3. The third kappa shape index (κ3) is 1.99. The van der Waals surface area contributed by atoms with Gasteiger partial charge in [-0.15, -0.1) is 0 Å². The predicted molar refractivity (Wildman–Crippen MR) is 90.3 cm³/mol. The number of fused-ring (bicyclic) bond motifs is 5. The molecule has 0 spiro atoms. The molecule has 0 amide bonds. The van der Waals surface area contributed by atoms with Gasteiger partial charge < -0.3 is 14.9 Å². The Morgan fingerprint density at radius 2 is 1.96 bits per heavy atom. The van der Waals surface area contributed by atoms with E-state index in [-0.39, 0.29) is 41.7 Å². The van der Waals surface area contributed by atoms with Gasteiger partial charge >= 0.3 is 0 Å². The second-order valence-electron chi connectivity index (χ2n) is 9.49. The van der Waals surface area contributed by atoms with Crippen molar-refractivity contribution in [3.05, 3.63) is 11.6 Å². The first-order valence-electron chi connectivity index (χ1n) is 9.44. The fourth-order valence-electron chi connectivity index (χ4n) is 6.87. The molecular weight excluding hydrogens is 304 g/mol. The molecule has 4 aliphatic rings. The largest absolute Gasteiger partial charge is 0.387 e. The summed E-state index contributed by atoms with van der Waals surface area (Å²) < 4.78 is 5.38. The summed E-state index contributed by atoms with van der Waals surface area (Å²) in [6.07, 6.45) is 5.89. The van der Waals surface area contributed by atoms with E-state index in [1.807, 2.05) is 0 Å². The van der Waals surface area contributed by atoms with Crippen molar-refractivity contribution < 1.29 is 19.7 Å². The number of rotatable bonds is 0. The number of hydrogen-bond acceptors (Lipinski definition) is 4. The summed E-state index contributed by atoms with van der Waals surface area (Å²) in [7, 11) is 0. The Labute approximate surface area is 144 Å². The summed E-state index contributed by atoms with van der Waals surface area (Å²) >= 11 is 0. The summed E-state index contributed by atoms with van der Waals surface area (Å²) in [6.45, 7) is 7.34. The second kappa shape index (κ2) is 5.15. The van der Waals surface area contributed by atoms with E-state index < -0.39 is 11.7 Å². The molecule has 24 heavy (non-hydrogen) atoms. The highest BCUT2D eigenvalue weighted by atomic mass is 16.5. The number of ketones is 1. The van der Waals surface area contributed by atoms with E-state index >= 15 is 0 Å². The first kappa shape index (κ1) is 16.7. The number of hydrogen-bond donors (Lipinski definition) is 2. The van der Waals surface area contributed by atoms with Crippen molar-refractivity contribution in [3.8, 4) is 0 Å². The number of carbonyl (C=O) groups excluding carboxylic acids is 1. The van der Waals surface area contributed by atoms with Gasteiger partial charge in [-0.05, 0) is 54.1 Å². The van der Waals surface area contributed by atoms with Crippen LogP contribution in [0.3, 0.4) is 0 Å². The molecule has 1 saturated heterocycles. The molecule has 0 radical (unpaired) electrons. The maximum Gasteiger partial charge on any atom is 0.159 e. The van der Waals surface area contributed by atoms with Crippen LogP contribution in [0.2, 0.25) is 0 Å². The van der Waals surface area contributed by atoms with Gasteiger partial charge in [0.1, 0.15) is 11.7 Å². The summed E-state index contributed by atoms with van der Waals surface area (Å²) in [5.74, 6) is 0.276. The highest BCUT2D eigenvalue weighted by molar-refractivity contribution is 5.95. The normalized spacial score (nSPS) is 50.4. The lowest BCUT2D eigenvalue weighted by Crippen LogP contribution is -2.66. The molecule has 2 N–H and O–H groups in total. The molecule has 1 aliphatic heterocycles. The topological polar surface area (TPSA) is 66.8 Å². The lowest BCUT2D eigenvalue weighted by molar-refractivity contribution is -0.200. The minimum Gasteiger partial charge on any atom is -0.387 e. The van der Waals surface area contributed by atoms with Crippen LogP contribution in [0, 0.1) is 28.6 Å². The maximum absolute atomic E-state index is 13.1. The second-order valence-corrected chi connectivity index (χ2v) is 9.49. The molecule has 3 fully saturated rings. The maximum atomic E-state index is 13.1. The zero-order valence-corrected chi connectivity index (χ0v) is 15.0. The molecule has 0 bridgehead atoms. The van der Waals surface area contributed by atoms with Crippen molar-refractivity contribution in [2.75, 3.05) is 13.2 Å². The first-order chi connectivity index (χ1) is 11.2. The lowest BCUT2D eigenvalue weighted by Gasteiger charge is -2.62. The van der Waals surface area contributed by atoms with E-state index in [1.165, 1.54) is 6.42 Å². The standard InChI is InChI=1S/C20H30O4/c1-18(2)7-4-8-19(3)15(18)6-5-13-17(19)14(21)9-12-10-24-11-16(22)20(12,13)23/h9,13,15-17,22-23H,4-8,10-11H2,1-3H3. The molecule has 6 unspecified atom stereocenters. The van der Waals surface area contributed by atoms with Crippen LogP contribution >= 0.6 is 0 Å². The van der Waals surface area contributed by atoms with Crippen LogP contribution in [0.25, 0.3) is 0 Å². The molecule has 0 aromatic rings. The van der Waals surface area contributed by atoms with E-state index in [0.29, 0.717) is 11.5 Å². The van der Waals surface area contributed by atoms with Gasteiger partial charge in [0.05, 0.1) is 13.2 Å². The molecular formula is C20H30O4. The number of allylic oxidation sites excluding steroid dienone is 1. The van der Waals surface area contributed by atoms with Gasteiger partial charge in [-0.1, -0.05) is 27.2 Å². The Kier molecular flexibility index (Phi) is 3.59. The van der Waals surface area contributed by atoms with Crippen molar-refractivity contribution in [2.45, 2.75) is 64.6 Å². The van der Waals surface area contributed by atoms with Gasteiger partial charge in [0, 0.05) is 11.8 Å². The Morgan fingerprint density at radius 1 is 1.21 bits per heavy atom. The average molecular weight is 334 g/mol. The fourth-order valence-corrected chi connectivity index (χ4v) is 6.87. The minimum atomic E-state index is -1.29. The van der Waals surface area contributed by atoms with Crippen molar-refractivity contribution in [1.82, 2.24) is 0 Å². The lowest BCUT2D eigenvalue weighted by atomic mass is 9.42. The third-order valence-corrected chi connectivity index (χ3v) is 7.90. The molecule has 134 valence electrons. The smallest absolute Gasteiger partial charge is 0.159 e. The van der Waals surface area contributed by atoms with Gasteiger partial charge in [-0.2, -0.15) is 0 Å². The van der Waals surface area contributed by atoms with E-state index in [2.05, 4.69) is 20.8 Å². The van der Waals surface area contributed by atoms with Crippen LogP contribution in [0.5, 0.6) is 0 Å². The zero-order valence-electron chi connectivity index (χ0n) is 15.0. The monoisotopic (exact) mass is 334 g/mol. The van der Waals surface area contributed by atoms with Crippen LogP contribution in [-0.2, 0) is 9.53 Å². The summed E-state index contributed by atoms with van der Waals surface area (Å²) in [6, 6.07) is 0. The van der Waals surface area contributed by atoms with E-state index in [9.17, 15) is 15.0 Å². The van der Waals surface area contributed by atoms with Crippen LogP contribution in [0.4, 0.5) is 0 Å². The van der Waals surface area contributed by atoms with Crippen LogP contribution < -0.4 is 0 Å². The third-order valence-electron chi connectivity index (χ3n) is 7.90. The van der Waals surface area contributed by atoms with Gasteiger partial charge in [0.25, 0.3) is 0 Å². The average Bonchev–Trinajstić information content (AvgIpc) is 2.49. The van der Waals surface area contributed by atoms with E-state index in [0.717, 1.165) is 25.7 Å². The summed E-state index contributed by atoms with van der Waals surface area (Å²) in [5, 5.41) is 22.0. The number of carbonyl (C=O) groups is 1.